The van der Waals surface area contributed by atoms with Crippen molar-refractivity contribution in [1.82, 2.24) is 0 Å². The lowest BCUT2D eigenvalue weighted by molar-refractivity contribution is -0.167. The average molecular weight is 964 g/mol. The van der Waals surface area contributed by atoms with E-state index >= 15 is 0 Å². The molecule has 6 nitrogen and oxygen atoms in total. The van der Waals surface area contributed by atoms with Crippen molar-refractivity contribution in [1.29, 1.82) is 0 Å². The SMILES string of the molecule is CCC/C=C\C/C=C\CCCCCCCC(=O)OCC(COC(=O)CCCCCCCC/C=C\C/C=C\C/C=C\CCCCC)OC(=O)CCCCCCCCCCC/C=C\CCCCCCCC. The zero-order chi connectivity index (χ0) is 50.0. The van der Waals surface area contributed by atoms with Crippen molar-refractivity contribution in [2.24, 2.45) is 0 Å². The largest absolute Gasteiger partial charge is 0.462 e. The zero-order valence-electron chi connectivity index (χ0n) is 45.6. The summed E-state index contributed by atoms with van der Waals surface area (Å²) < 4.78 is 16.9. The van der Waals surface area contributed by atoms with Crippen molar-refractivity contribution in [3.8, 4) is 0 Å². The summed E-state index contributed by atoms with van der Waals surface area (Å²) in [5, 5.41) is 0. The lowest BCUT2D eigenvalue weighted by Gasteiger charge is -2.18. The third-order valence-electron chi connectivity index (χ3n) is 12.6. The second-order valence-electron chi connectivity index (χ2n) is 19.5. The number of ether oxygens (including phenoxy) is 3. The summed E-state index contributed by atoms with van der Waals surface area (Å²) in [5.41, 5.74) is 0. The smallest absolute Gasteiger partial charge is 0.306 e. The number of carbonyl (C=O) groups is 3. The van der Waals surface area contributed by atoms with Gasteiger partial charge >= 0.3 is 17.9 Å². The highest BCUT2D eigenvalue weighted by Crippen LogP contribution is 2.15. The molecule has 0 spiro atoms. The summed E-state index contributed by atoms with van der Waals surface area (Å²) in [6.07, 6.45) is 73.2. The van der Waals surface area contributed by atoms with Gasteiger partial charge < -0.3 is 14.2 Å². The third-order valence-corrected chi connectivity index (χ3v) is 12.6. The first kappa shape index (κ1) is 65.8. The molecule has 0 heterocycles. The molecular weight excluding hydrogens is 853 g/mol. The Kier molecular flexibility index (Phi) is 54.8. The Labute approximate surface area is 427 Å². The van der Waals surface area contributed by atoms with Crippen LogP contribution in [0.25, 0.3) is 0 Å². The van der Waals surface area contributed by atoms with Crippen molar-refractivity contribution in [3.05, 3.63) is 72.9 Å². The van der Waals surface area contributed by atoms with Gasteiger partial charge in [-0.3, -0.25) is 14.4 Å². The zero-order valence-corrected chi connectivity index (χ0v) is 45.6. The van der Waals surface area contributed by atoms with E-state index in [-0.39, 0.29) is 31.1 Å². The maximum Gasteiger partial charge on any atom is 0.306 e. The van der Waals surface area contributed by atoms with Crippen molar-refractivity contribution in [2.45, 2.75) is 297 Å². The quantitative estimate of drug-likeness (QED) is 0.0262. The van der Waals surface area contributed by atoms with Gasteiger partial charge in [-0.25, -0.2) is 0 Å². The lowest BCUT2D eigenvalue weighted by Crippen LogP contribution is -2.30. The fourth-order valence-electron chi connectivity index (χ4n) is 8.19. The Bertz CT molecular complexity index is 1290. The van der Waals surface area contributed by atoms with Crippen LogP contribution in [0.4, 0.5) is 0 Å². The Morgan fingerprint density at radius 2 is 0.551 bits per heavy atom. The molecule has 0 saturated carbocycles. The number of hydrogen-bond donors (Lipinski definition) is 0. The minimum Gasteiger partial charge on any atom is -0.462 e. The van der Waals surface area contributed by atoms with Gasteiger partial charge in [-0.2, -0.15) is 0 Å². The fourth-order valence-corrected chi connectivity index (χ4v) is 8.19. The van der Waals surface area contributed by atoms with E-state index in [1.807, 2.05) is 0 Å². The average Bonchev–Trinajstić information content (AvgIpc) is 3.35. The normalized spacial score (nSPS) is 12.6. The fraction of sp³-hybridized carbons (Fsp3) is 0.762. The van der Waals surface area contributed by atoms with Crippen LogP contribution in [0.5, 0.6) is 0 Å². The second-order valence-corrected chi connectivity index (χ2v) is 19.5. The molecule has 0 N–H and O–H groups in total. The monoisotopic (exact) mass is 963 g/mol. The van der Waals surface area contributed by atoms with Gasteiger partial charge in [0.15, 0.2) is 6.10 Å². The minimum absolute atomic E-state index is 0.0870. The molecule has 0 aliphatic rings. The summed E-state index contributed by atoms with van der Waals surface area (Å²) >= 11 is 0. The summed E-state index contributed by atoms with van der Waals surface area (Å²) in [6, 6.07) is 0. The van der Waals surface area contributed by atoms with E-state index < -0.39 is 6.10 Å². The summed E-state index contributed by atoms with van der Waals surface area (Å²) in [5.74, 6) is -0.906. The Morgan fingerprint density at radius 3 is 0.913 bits per heavy atom. The van der Waals surface area contributed by atoms with E-state index in [0.717, 1.165) is 109 Å². The second kappa shape index (κ2) is 57.4. The maximum atomic E-state index is 12.9. The molecule has 6 heteroatoms. The standard InChI is InChI=1S/C63H110O6/c1-4-7-10-13-16-19-22-25-27-29-31-33-35-38-41-44-47-50-53-56-62(65)68-59-60(58-67-61(64)55-52-49-46-43-40-37-24-21-18-15-12-9-6-3)69-63(66)57-54-51-48-45-42-39-36-34-32-30-28-26-23-20-17-14-11-8-5-2/h12,15-16,19,21,24-28,31,33,60H,4-11,13-14,17-18,20,22-23,29-30,32,34-59H2,1-3H3/b15-12-,19-16-,24-21-,27-25-,28-26-,33-31-. The van der Waals surface area contributed by atoms with E-state index in [4.69, 9.17) is 14.2 Å². The lowest BCUT2D eigenvalue weighted by atomic mass is 10.1. The molecule has 398 valence electrons. The highest BCUT2D eigenvalue weighted by Gasteiger charge is 2.19. The van der Waals surface area contributed by atoms with Crippen LogP contribution >= 0.6 is 0 Å². The number of rotatable bonds is 53. The van der Waals surface area contributed by atoms with Crippen molar-refractivity contribution >= 4 is 17.9 Å². The van der Waals surface area contributed by atoms with Crippen molar-refractivity contribution in [2.75, 3.05) is 13.2 Å². The molecule has 0 aliphatic carbocycles. The van der Waals surface area contributed by atoms with Gasteiger partial charge in [-0.05, 0) is 109 Å². The Morgan fingerprint density at radius 1 is 0.290 bits per heavy atom. The Balaban J connectivity index is 4.39. The predicted octanol–water partition coefficient (Wildman–Crippen LogP) is 19.8. The summed E-state index contributed by atoms with van der Waals surface area (Å²) in [4.78, 5) is 38.2. The van der Waals surface area contributed by atoms with Crippen LogP contribution in [-0.2, 0) is 28.6 Å². The van der Waals surface area contributed by atoms with Crippen LogP contribution in [0.3, 0.4) is 0 Å². The highest BCUT2D eigenvalue weighted by atomic mass is 16.6. The molecule has 0 radical (unpaired) electrons. The predicted molar refractivity (Wildman–Crippen MR) is 298 cm³/mol. The first-order valence-electron chi connectivity index (χ1n) is 29.4. The molecule has 0 fully saturated rings. The van der Waals surface area contributed by atoms with Crippen LogP contribution in [0.2, 0.25) is 0 Å². The van der Waals surface area contributed by atoms with Gasteiger partial charge in [0, 0.05) is 19.3 Å². The third kappa shape index (κ3) is 55.6. The van der Waals surface area contributed by atoms with Gasteiger partial charge in [0.2, 0.25) is 0 Å². The van der Waals surface area contributed by atoms with Crippen LogP contribution in [0, 0.1) is 0 Å². The first-order chi connectivity index (χ1) is 34.0. The van der Waals surface area contributed by atoms with Gasteiger partial charge in [0.25, 0.3) is 0 Å². The first-order valence-corrected chi connectivity index (χ1v) is 29.4. The van der Waals surface area contributed by atoms with Gasteiger partial charge in [0.1, 0.15) is 13.2 Å². The van der Waals surface area contributed by atoms with Crippen molar-refractivity contribution < 1.29 is 28.6 Å². The molecule has 69 heavy (non-hydrogen) atoms. The molecule has 0 amide bonds. The number of hydrogen-bond acceptors (Lipinski definition) is 6. The molecule has 0 bridgehead atoms. The van der Waals surface area contributed by atoms with Crippen LogP contribution in [0.1, 0.15) is 290 Å². The topological polar surface area (TPSA) is 78.9 Å². The van der Waals surface area contributed by atoms with E-state index in [0.29, 0.717) is 19.3 Å². The van der Waals surface area contributed by atoms with E-state index in [9.17, 15) is 14.4 Å². The molecule has 0 saturated heterocycles. The van der Waals surface area contributed by atoms with E-state index in [1.54, 1.807) is 0 Å². The maximum absolute atomic E-state index is 12.9. The molecule has 0 aromatic rings. The molecule has 1 atom stereocenters. The van der Waals surface area contributed by atoms with E-state index in [2.05, 4.69) is 93.7 Å². The highest BCUT2D eigenvalue weighted by molar-refractivity contribution is 5.71. The molecule has 1 unspecified atom stereocenters. The van der Waals surface area contributed by atoms with Crippen LogP contribution in [-0.4, -0.2) is 37.2 Å². The molecule has 0 aliphatic heterocycles. The van der Waals surface area contributed by atoms with E-state index in [1.165, 1.54) is 141 Å². The van der Waals surface area contributed by atoms with Crippen LogP contribution in [0.15, 0.2) is 72.9 Å². The molecular formula is C63H110O6. The van der Waals surface area contributed by atoms with Crippen molar-refractivity contribution in [3.63, 3.8) is 0 Å². The Hall–Kier alpha value is -3.15. The van der Waals surface area contributed by atoms with Gasteiger partial charge in [0.05, 0.1) is 0 Å². The number of carbonyl (C=O) groups excluding carboxylic acids is 3. The summed E-state index contributed by atoms with van der Waals surface area (Å²) in [7, 11) is 0. The molecule has 0 aromatic carbocycles. The minimum atomic E-state index is -0.788. The van der Waals surface area contributed by atoms with Gasteiger partial charge in [-0.1, -0.05) is 235 Å². The van der Waals surface area contributed by atoms with Gasteiger partial charge in [-0.15, -0.1) is 0 Å². The summed E-state index contributed by atoms with van der Waals surface area (Å²) in [6.45, 7) is 6.54. The number of unbranched alkanes of at least 4 members (excludes halogenated alkanes) is 30. The number of esters is 3. The number of allylic oxidation sites excluding steroid dienone is 12. The van der Waals surface area contributed by atoms with Crippen LogP contribution < -0.4 is 0 Å². The molecule has 0 rings (SSSR count). The molecule has 0 aromatic heterocycles.